The summed E-state index contributed by atoms with van der Waals surface area (Å²) >= 11 is 12.4. The summed E-state index contributed by atoms with van der Waals surface area (Å²) in [5, 5.41) is 4.00. The van der Waals surface area contributed by atoms with Crippen LogP contribution >= 0.6 is 23.2 Å². The predicted octanol–water partition coefficient (Wildman–Crippen LogP) is 7.05. The Morgan fingerprint density at radius 3 is 2.50 bits per heavy atom. The van der Waals surface area contributed by atoms with E-state index in [1.807, 2.05) is 0 Å². The third kappa shape index (κ3) is 3.74. The second kappa shape index (κ2) is 8.01. The van der Waals surface area contributed by atoms with Crippen molar-refractivity contribution in [1.29, 1.82) is 0 Å². The Balaban J connectivity index is 1.90. The first-order chi connectivity index (χ1) is 14.3. The van der Waals surface area contributed by atoms with Crippen LogP contribution in [0.3, 0.4) is 0 Å². The Morgan fingerprint density at radius 1 is 1.00 bits per heavy atom. The molecule has 1 amide bonds. The fourth-order valence-electron chi connectivity index (χ4n) is 3.32. The Bertz CT molecular complexity index is 1310. The lowest BCUT2D eigenvalue weighted by molar-refractivity contribution is 0.102. The number of halogens is 4. The topological polar surface area (TPSA) is 42.0 Å². The highest BCUT2D eigenvalue weighted by molar-refractivity contribution is 6.36. The normalized spacial score (nSPS) is 11.0. The Morgan fingerprint density at radius 2 is 1.77 bits per heavy atom. The van der Waals surface area contributed by atoms with Crippen LogP contribution in [0.5, 0.6) is 0 Å². The number of carbonyl (C=O) groups is 1. The van der Waals surface area contributed by atoms with Crippen LogP contribution in [0, 0.1) is 18.6 Å². The van der Waals surface area contributed by atoms with Gasteiger partial charge < -0.3 is 5.32 Å². The lowest BCUT2D eigenvalue weighted by Gasteiger charge is -2.16. The molecule has 0 aliphatic heterocycles. The molecule has 4 aromatic rings. The summed E-state index contributed by atoms with van der Waals surface area (Å²) in [5.41, 5.74) is 2.48. The van der Waals surface area contributed by atoms with E-state index in [1.54, 1.807) is 49.4 Å². The van der Waals surface area contributed by atoms with Crippen LogP contribution < -0.4 is 5.32 Å². The van der Waals surface area contributed by atoms with Crippen molar-refractivity contribution in [3.8, 4) is 11.3 Å². The molecule has 0 spiro atoms. The van der Waals surface area contributed by atoms with Crippen LogP contribution in [-0.4, -0.2) is 10.9 Å². The highest BCUT2D eigenvalue weighted by Gasteiger charge is 2.21. The quantitative estimate of drug-likeness (QED) is 0.369. The Hall–Kier alpha value is -3.02. The van der Waals surface area contributed by atoms with Gasteiger partial charge in [0.05, 0.1) is 27.5 Å². The molecular formula is C23H14Cl2F2N2O. The number of aromatic nitrogens is 1. The first kappa shape index (κ1) is 20.3. The molecule has 0 aliphatic carbocycles. The zero-order valence-electron chi connectivity index (χ0n) is 15.6. The zero-order chi connectivity index (χ0) is 21.4. The van der Waals surface area contributed by atoms with E-state index in [0.717, 1.165) is 6.07 Å². The van der Waals surface area contributed by atoms with Gasteiger partial charge in [0, 0.05) is 22.0 Å². The Kier molecular flexibility index (Phi) is 5.41. The second-order valence-corrected chi connectivity index (χ2v) is 7.52. The number of carbonyl (C=O) groups excluding carboxylic acids is 1. The number of hydrogen-bond donors (Lipinski definition) is 1. The molecule has 30 heavy (non-hydrogen) atoms. The van der Waals surface area contributed by atoms with Crippen molar-refractivity contribution in [2.75, 3.05) is 5.32 Å². The van der Waals surface area contributed by atoms with Gasteiger partial charge in [-0.1, -0.05) is 41.4 Å². The number of pyridine rings is 1. The van der Waals surface area contributed by atoms with Gasteiger partial charge in [-0.25, -0.2) is 13.8 Å². The maximum absolute atomic E-state index is 14.1. The fraction of sp³-hybridized carbons (Fsp3) is 0.0435. The number of rotatable bonds is 3. The molecule has 0 fully saturated rings. The van der Waals surface area contributed by atoms with Gasteiger partial charge in [-0.3, -0.25) is 4.79 Å². The first-order valence-electron chi connectivity index (χ1n) is 8.96. The summed E-state index contributed by atoms with van der Waals surface area (Å²) in [4.78, 5) is 17.8. The van der Waals surface area contributed by atoms with Crippen LogP contribution in [0.1, 0.15) is 15.9 Å². The molecule has 0 unspecified atom stereocenters. The first-order valence-corrected chi connectivity index (χ1v) is 9.72. The molecule has 150 valence electrons. The predicted molar refractivity (Wildman–Crippen MR) is 116 cm³/mol. The van der Waals surface area contributed by atoms with Gasteiger partial charge in [-0.15, -0.1) is 0 Å². The summed E-state index contributed by atoms with van der Waals surface area (Å²) in [5.74, 6) is -2.13. The highest BCUT2D eigenvalue weighted by atomic mass is 35.5. The van der Waals surface area contributed by atoms with Crippen molar-refractivity contribution in [1.82, 2.24) is 4.98 Å². The molecule has 0 aliphatic rings. The molecule has 1 aromatic heterocycles. The van der Waals surface area contributed by atoms with Crippen molar-refractivity contribution in [3.63, 3.8) is 0 Å². The van der Waals surface area contributed by atoms with Crippen LogP contribution in [0.25, 0.3) is 22.2 Å². The number of amides is 1. The third-order valence-corrected chi connectivity index (χ3v) is 5.28. The monoisotopic (exact) mass is 442 g/mol. The van der Waals surface area contributed by atoms with E-state index in [4.69, 9.17) is 23.2 Å². The maximum Gasteiger partial charge on any atom is 0.256 e. The van der Waals surface area contributed by atoms with Crippen molar-refractivity contribution < 1.29 is 13.6 Å². The number of hydrogen-bond acceptors (Lipinski definition) is 2. The van der Waals surface area contributed by atoms with E-state index in [0.29, 0.717) is 49.4 Å². The van der Waals surface area contributed by atoms with Crippen LogP contribution in [0.4, 0.5) is 14.5 Å². The van der Waals surface area contributed by atoms with Crippen molar-refractivity contribution in [3.05, 3.63) is 93.5 Å². The average molecular weight is 443 g/mol. The van der Waals surface area contributed by atoms with E-state index < -0.39 is 17.5 Å². The van der Waals surface area contributed by atoms with Gasteiger partial charge in [0.25, 0.3) is 5.91 Å². The Labute approximate surface area is 181 Å². The summed E-state index contributed by atoms with van der Waals surface area (Å²) in [6.07, 6.45) is 0. The summed E-state index contributed by atoms with van der Waals surface area (Å²) in [7, 11) is 0. The molecule has 0 atom stereocenters. The van der Waals surface area contributed by atoms with Gasteiger partial charge in [0.15, 0.2) is 0 Å². The van der Waals surface area contributed by atoms with E-state index in [9.17, 15) is 13.6 Å². The smallest absolute Gasteiger partial charge is 0.256 e. The van der Waals surface area contributed by atoms with Gasteiger partial charge >= 0.3 is 0 Å². The number of para-hydroxylation sites is 1. The lowest BCUT2D eigenvalue weighted by Crippen LogP contribution is -2.16. The van der Waals surface area contributed by atoms with Crippen LogP contribution in [0.2, 0.25) is 10.0 Å². The SMILES string of the molecule is Cc1c(-c2ccc(Cl)cc2Cl)nc2ccccc2c1C(=O)Nc1ccc(F)cc1F. The molecule has 3 nitrogen and oxygen atoms in total. The number of anilines is 1. The molecule has 0 saturated carbocycles. The summed E-state index contributed by atoms with van der Waals surface area (Å²) in [6.45, 7) is 1.75. The number of nitrogens with zero attached hydrogens (tertiary/aromatic N) is 1. The molecule has 1 N–H and O–H groups in total. The molecule has 7 heteroatoms. The largest absolute Gasteiger partial charge is 0.319 e. The van der Waals surface area contributed by atoms with Gasteiger partial charge in [0.1, 0.15) is 11.6 Å². The zero-order valence-corrected chi connectivity index (χ0v) is 17.2. The van der Waals surface area contributed by atoms with Gasteiger partial charge in [-0.05, 0) is 48.9 Å². The molecule has 0 radical (unpaired) electrons. The summed E-state index contributed by atoms with van der Waals surface area (Å²) in [6, 6.07) is 15.1. The maximum atomic E-state index is 14.1. The molecule has 1 heterocycles. The number of fused-ring (bicyclic) bond motifs is 1. The molecule has 0 bridgehead atoms. The number of benzene rings is 3. The molecule has 3 aromatic carbocycles. The van der Waals surface area contributed by atoms with Gasteiger partial charge in [0.2, 0.25) is 0 Å². The average Bonchev–Trinajstić information content (AvgIpc) is 2.70. The van der Waals surface area contributed by atoms with Gasteiger partial charge in [-0.2, -0.15) is 0 Å². The van der Waals surface area contributed by atoms with E-state index in [-0.39, 0.29) is 5.69 Å². The second-order valence-electron chi connectivity index (χ2n) is 6.68. The van der Waals surface area contributed by atoms with E-state index in [1.165, 1.54) is 6.07 Å². The molecule has 0 saturated heterocycles. The van der Waals surface area contributed by atoms with Crippen molar-refractivity contribution in [2.24, 2.45) is 0 Å². The van der Waals surface area contributed by atoms with Crippen molar-refractivity contribution in [2.45, 2.75) is 6.92 Å². The standard InChI is InChI=1S/C23H14Cl2F2N2O/c1-12-21(23(30)29-20-9-7-14(26)11-18(20)27)16-4-2-3-5-19(16)28-22(12)15-8-6-13(24)10-17(15)25/h2-11H,1H3,(H,29,30). The fourth-order valence-corrected chi connectivity index (χ4v) is 3.82. The molecular weight excluding hydrogens is 429 g/mol. The third-order valence-electron chi connectivity index (χ3n) is 4.73. The highest BCUT2D eigenvalue weighted by Crippen LogP contribution is 2.35. The van der Waals surface area contributed by atoms with Crippen molar-refractivity contribution >= 4 is 45.7 Å². The van der Waals surface area contributed by atoms with Crippen LogP contribution in [0.15, 0.2) is 60.7 Å². The lowest BCUT2D eigenvalue weighted by atomic mass is 9.97. The van der Waals surface area contributed by atoms with E-state index in [2.05, 4.69) is 10.3 Å². The molecule has 4 rings (SSSR count). The number of nitrogens with one attached hydrogen (secondary N) is 1. The summed E-state index contributed by atoms with van der Waals surface area (Å²) < 4.78 is 27.3. The van der Waals surface area contributed by atoms with E-state index >= 15 is 0 Å². The minimum atomic E-state index is -0.861. The minimum absolute atomic E-state index is 0.118. The van der Waals surface area contributed by atoms with Crippen LogP contribution in [-0.2, 0) is 0 Å². The minimum Gasteiger partial charge on any atom is -0.319 e.